The van der Waals surface area contributed by atoms with Gasteiger partial charge in [-0.15, -0.1) is 5.10 Å². The number of hydrogen-bond acceptors (Lipinski definition) is 6. The van der Waals surface area contributed by atoms with Crippen LogP contribution in [0.2, 0.25) is 0 Å². The highest BCUT2D eigenvalue weighted by Crippen LogP contribution is 2.10. The highest BCUT2D eigenvalue weighted by molar-refractivity contribution is 5.88. The first kappa shape index (κ1) is 14.6. The first-order valence-electron chi connectivity index (χ1n) is 5.81. The maximum atomic E-state index is 11.5. The van der Waals surface area contributed by atoms with Crippen LogP contribution in [0, 0.1) is 0 Å². The number of esters is 1. The molecule has 0 aromatic carbocycles. The fourth-order valence-electron chi connectivity index (χ4n) is 1.66. The molecule has 0 bridgehead atoms. The molecular formula is C11H19N3O4. The number of aliphatic hydroxyl groups excluding tert-OH is 1. The summed E-state index contributed by atoms with van der Waals surface area (Å²) >= 11 is 0. The number of hydrogen-bond donors (Lipinski definition) is 1. The Bertz CT molecular complexity index is 392. The molecule has 18 heavy (non-hydrogen) atoms. The van der Waals surface area contributed by atoms with E-state index < -0.39 is 12.1 Å². The van der Waals surface area contributed by atoms with Crippen LogP contribution < -0.4 is 0 Å². The number of rotatable bonds is 7. The van der Waals surface area contributed by atoms with Crippen molar-refractivity contribution in [2.75, 3.05) is 20.8 Å². The fourth-order valence-corrected chi connectivity index (χ4v) is 1.66. The molecule has 1 aromatic heterocycles. The molecule has 0 aliphatic heterocycles. The van der Waals surface area contributed by atoms with Gasteiger partial charge in [-0.2, -0.15) is 0 Å². The lowest BCUT2D eigenvalue weighted by atomic mass is 10.2. The van der Waals surface area contributed by atoms with E-state index >= 15 is 0 Å². The zero-order valence-corrected chi connectivity index (χ0v) is 10.9. The molecule has 0 fully saturated rings. The molecule has 0 spiro atoms. The molecule has 1 unspecified atom stereocenters. The number of carbonyl (C=O) groups is 1. The van der Waals surface area contributed by atoms with E-state index in [1.54, 1.807) is 0 Å². The smallest absolute Gasteiger partial charge is 0.360 e. The molecule has 0 saturated carbocycles. The number of methoxy groups -OCH3 is 2. The number of carbonyl (C=O) groups excluding carboxylic acids is 1. The molecular weight excluding hydrogens is 238 g/mol. The monoisotopic (exact) mass is 257 g/mol. The lowest BCUT2D eigenvalue weighted by Gasteiger charge is -2.11. The van der Waals surface area contributed by atoms with E-state index in [9.17, 15) is 9.90 Å². The van der Waals surface area contributed by atoms with Gasteiger partial charge in [-0.3, -0.25) is 0 Å². The third-order valence-electron chi connectivity index (χ3n) is 2.45. The first-order valence-corrected chi connectivity index (χ1v) is 5.81. The zero-order chi connectivity index (χ0) is 13.5. The summed E-state index contributed by atoms with van der Waals surface area (Å²) in [5, 5.41) is 17.4. The zero-order valence-electron chi connectivity index (χ0n) is 10.9. The quantitative estimate of drug-likeness (QED) is 0.693. The summed E-state index contributed by atoms with van der Waals surface area (Å²) in [6, 6.07) is 0. The minimum absolute atomic E-state index is 0.207. The van der Waals surface area contributed by atoms with Gasteiger partial charge in [-0.05, 0) is 6.42 Å². The highest BCUT2D eigenvalue weighted by Gasteiger charge is 2.20. The van der Waals surface area contributed by atoms with Crippen molar-refractivity contribution in [3.05, 3.63) is 11.4 Å². The molecule has 1 N–H and O–H groups in total. The van der Waals surface area contributed by atoms with Crippen LogP contribution in [0.5, 0.6) is 0 Å². The van der Waals surface area contributed by atoms with Crippen LogP contribution in [-0.4, -0.2) is 53.0 Å². The molecule has 0 amide bonds. The van der Waals surface area contributed by atoms with Crippen molar-refractivity contribution < 1.29 is 19.4 Å². The number of aromatic nitrogens is 3. The molecule has 7 nitrogen and oxygen atoms in total. The predicted octanol–water partition coefficient (Wildman–Crippen LogP) is 0.0245. The Hall–Kier alpha value is -1.47. The first-order chi connectivity index (χ1) is 8.63. The van der Waals surface area contributed by atoms with E-state index in [0.717, 1.165) is 6.42 Å². The minimum atomic E-state index is -0.683. The minimum Gasteiger partial charge on any atom is -0.464 e. The maximum absolute atomic E-state index is 11.5. The van der Waals surface area contributed by atoms with Gasteiger partial charge < -0.3 is 14.6 Å². The van der Waals surface area contributed by atoms with E-state index in [4.69, 9.17) is 4.74 Å². The summed E-state index contributed by atoms with van der Waals surface area (Å²) in [7, 11) is 2.81. The standard InChI is InChI=1S/C11H19N3O4/c1-4-5-9-10(11(16)18-3)12-13-14(9)6-8(15)7-17-2/h8,15H,4-7H2,1-3H3. The molecule has 7 heteroatoms. The van der Waals surface area contributed by atoms with Gasteiger partial charge in [0.2, 0.25) is 0 Å². The average molecular weight is 257 g/mol. The number of ether oxygens (including phenoxy) is 2. The topological polar surface area (TPSA) is 86.5 Å². The molecule has 1 heterocycles. The fraction of sp³-hybridized carbons (Fsp3) is 0.727. The second kappa shape index (κ2) is 7.07. The van der Waals surface area contributed by atoms with E-state index in [-0.39, 0.29) is 18.8 Å². The van der Waals surface area contributed by atoms with E-state index in [0.29, 0.717) is 12.1 Å². The lowest BCUT2D eigenvalue weighted by Crippen LogP contribution is -2.23. The Morgan fingerprint density at radius 3 is 2.78 bits per heavy atom. The Kier molecular flexibility index (Phi) is 5.73. The molecule has 0 aliphatic carbocycles. The lowest BCUT2D eigenvalue weighted by molar-refractivity contribution is 0.0503. The summed E-state index contributed by atoms with van der Waals surface area (Å²) in [6.45, 7) is 2.44. The Balaban J connectivity index is 2.90. The van der Waals surface area contributed by atoms with Crippen LogP contribution in [0.4, 0.5) is 0 Å². The van der Waals surface area contributed by atoms with Gasteiger partial charge in [0.1, 0.15) is 0 Å². The third kappa shape index (κ3) is 3.51. The van der Waals surface area contributed by atoms with Gasteiger partial charge in [0.05, 0.1) is 32.1 Å². The van der Waals surface area contributed by atoms with Crippen LogP contribution in [0.1, 0.15) is 29.5 Å². The molecule has 102 valence electrons. The van der Waals surface area contributed by atoms with Crippen molar-refractivity contribution in [3.8, 4) is 0 Å². The van der Waals surface area contributed by atoms with E-state index in [2.05, 4.69) is 15.0 Å². The van der Waals surface area contributed by atoms with Crippen molar-refractivity contribution in [2.24, 2.45) is 0 Å². The SMILES string of the molecule is CCCc1c(C(=O)OC)nnn1CC(O)COC. The molecule has 1 atom stereocenters. The molecule has 0 saturated heterocycles. The number of nitrogens with zero attached hydrogens (tertiary/aromatic N) is 3. The third-order valence-corrected chi connectivity index (χ3v) is 2.45. The van der Waals surface area contributed by atoms with Gasteiger partial charge in [0, 0.05) is 7.11 Å². The van der Waals surface area contributed by atoms with Crippen LogP contribution in [-0.2, 0) is 22.4 Å². The number of aliphatic hydroxyl groups is 1. The summed E-state index contributed by atoms with van der Waals surface area (Å²) < 4.78 is 11.0. The normalized spacial score (nSPS) is 12.4. The van der Waals surface area contributed by atoms with Crippen molar-refractivity contribution in [2.45, 2.75) is 32.4 Å². The highest BCUT2D eigenvalue weighted by atomic mass is 16.5. The van der Waals surface area contributed by atoms with Gasteiger partial charge in [-0.25, -0.2) is 9.48 Å². The van der Waals surface area contributed by atoms with E-state index in [1.165, 1.54) is 18.9 Å². The van der Waals surface area contributed by atoms with Crippen molar-refractivity contribution in [3.63, 3.8) is 0 Å². The molecule has 0 radical (unpaired) electrons. The molecule has 1 rings (SSSR count). The second-order valence-corrected chi connectivity index (χ2v) is 3.92. The predicted molar refractivity (Wildman–Crippen MR) is 63.2 cm³/mol. The summed E-state index contributed by atoms with van der Waals surface area (Å²) in [4.78, 5) is 11.5. The van der Waals surface area contributed by atoms with Gasteiger partial charge in [0.25, 0.3) is 0 Å². The summed E-state index contributed by atoms with van der Waals surface area (Å²) in [5.74, 6) is -0.508. The van der Waals surface area contributed by atoms with Gasteiger partial charge in [-0.1, -0.05) is 18.6 Å². The second-order valence-electron chi connectivity index (χ2n) is 3.92. The largest absolute Gasteiger partial charge is 0.464 e. The van der Waals surface area contributed by atoms with Gasteiger partial charge in [0.15, 0.2) is 5.69 Å². The molecule has 0 aliphatic rings. The van der Waals surface area contributed by atoms with Crippen LogP contribution in [0.3, 0.4) is 0 Å². The van der Waals surface area contributed by atoms with Crippen molar-refractivity contribution >= 4 is 5.97 Å². The maximum Gasteiger partial charge on any atom is 0.360 e. The van der Waals surface area contributed by atoms with Crippen molar-refractivity contribution in [1.82, 2.24) is 15.0 Å². The van der Waals surface area contributed by atoms with Crippen molar-refractivity contribution in [1.29, 1.82) is 0 Å². The molecule has 1 aromatic rings. The Labute approximate surface area is 106 Å². The Morgan fingerprint density at radius 2 is 2.22 bits per heavy atom. The average Bonchev–Trinajstić information content (AvgIpc) is 2.72. The summed E-state index contributed by atoms with van der Waals surface area (Å²) in [6.07, 6.45) is 0.812. The van der Waals surface area contributed by atoms with Gasteiger partial charge >= 0.3 is 5.97 Å². The van der Waals surface area contributed by atoms with Crippen LogP contribution in [0.15, 0.2) is 0 Å². The summed E-state index contributed by atoms with van der Waals surface area (Å²) in [5.41, 5.74) is 0.892. The van der Waals surface area contributed by atoms with Crippen LogP contribution >= 0.6 is 0 Å². The van der Waals surface area contributed by atoms with Crippen LogP contribution in [0.25, 0.3) is 0 Å². The van der Waals surface area contributed by atoms with E-state index in [1.807, 2.05) is 6.92 Å². The Morgan fingerprint density at radius 1 is 1.50 bits per heavy atom.